The number of hydrogen-bond acceptors (Lipinski definition) is 1. The van der Waals surface area contributed by atoms with Crippen molar-refractivity contribution >= 4 is 60.2 Å². The SMILES string of the molecule is Cc1ccc(-c2c3ccccc3c(-c3ccc(N(c4ccccc4)c4ccccc4)c4ccccc34)c3ccccc23)c2ccccc12. The Labute approximate surface area is 281 Å². The van der Waals surface area contributed by atoms with Crippen molar-refractivity contribution in [3.63, 3.8) is 0 Å². The molecule has 9 aromatic carbocycles. The van der Waals surface area contributed by atoms with E-state index < -0.39 is 0 Å². The van der Waals surface area contributed by atoms with Gasteiger partial charge in [-0.15, -0.1) is 0 Å². The minimum atomic E-state index is 1.13. The lowest BCUT2D eigenvalue weighted by molar-refractivity contribution is 1.30. The number of nitrogens with zero attached hydrogens (tertiary/aromatic N) is 1. The topological polar surface area (TPSA) is 3.24 Å². The van der Waals surface area contributed by atoms with E-state index >= 15 is 0 Å². The second-order valence-electron chi connectivity index (χ2n) is 12.5. The summed E-state index contributed by atoms with van der Waals surface area (Å²) in [6, 6.07) is 66.2. The van der Waals surface area contributed by atoms with Crippen LogP contribution in [0.2, 0.25) is 0 Å². The Kier molecular flexibility index (Phi) is 6.76. The van der Waals surface area contributed by atoms with Gasteiger partial charge in [-0.25, -0.2) is 0 Å². The summed E-state index contributed by atoms with van der Waals surface area (Å²) in [5.41, 5.74) is 9.80. The zero-order chi connectivity index (χ0) is 32.0. The summed E-state index contributed by atoms with van der Waals surface area (Å²) in [7, 11) is 0. The second-order valence-corrected chi connectivity index (χ2v) is 12.5. The quantitative estimate of drug-likeness (QED) is 0.175. The predicted molar refractivity (Wildman–Crippen MR) is 207 cm³/mol. The van der Waals surface area contributed by atoms with E-state index in [1.54, 1.807) is 0 Å². The molecule has 0 aromatic heterocycles. The summed E-state index contributed by atoms with van der Waals surface area (Å²) < 4.78 is 0. The van der Waals surface area contributed by atoms with E-state index in [0.29, 0.717) is 0 Å². The summed E-state index contributed by atoms with van der Waals surface area (Å²) in [6.45, 7) is 2.21. The lowest BCUT2D eigenvalue weighted by Crippen LogP contribution is -2.10. The Morgan fingerprint density at radius 1 is 0.292 bits per heavy atom. The number of rotatable bonds is 5. The zero-order valence-electron chi connectivity index (χ0n) is 26.8. The number of fused-ring (bicyclic) bond motifs is 4. The highest BCUT2D eigenvalue weighted by molar-refractivity contribution is 6.25. The number of hydrogen-bond donors (Lipinski definition) is 0. The molecule has 0 fully saturated rings. The van der Waals surface area contributed by atoms with Crippen LogP contribution >= 0.6 is 0 Å². The maximum Gasteiger partial charge on any atom is 0.0540 e. The Bertz CT molecular complexity index is 2520. The normalized spacial score (nSPS) is 11.4. The van der Waals surface area contributed by atoms with Crippen LogP contribution in [-0.4, -0.2) is 0 Å². The lowest BCUT2D eigenvalue weighted by Gasteiger charge is -2.28. The van der Waals surface area contributed by atoms with Gasteiger partial charge in [0.2, 0.25) is 0 Å². The molecule has 0 amide bonds. The fraction of sp³-hybridized carbons (Fsp3) is 0.0213. The van der Waals surface area contributed by atoms with Crippen molar-refractivity contribution in [2.75, 3.05) is 4.90 Å². The Hall–Kier alpha value is -6.18. The molecule has 0 heterocycles. The van der Waals surface area contributed by atoms with Crippen molar-refractivity contribution < 1.29 is 0 Å². The molecule has 226 valence electrons. The first-order valence-corrected chi connectivity index (χ1v) is 16.6. The Balaban J connectivity index is 1.36. The van der Waals surface area contributed by atoms with E-state index in [1.165, 1.54) is 70.9 Å². The van der Waals surface area contributed by atoms with Crippen LogP contribution in [0.3, 0.4) is 0 Å². The van der Waals surface area contributed by atoms with E-state index in [4.69, 9.17) is 0 Å². The third-order valence-corrected chi connectivity index (χ3v) is 9.78. The fourth-order valence-corrected chi connectivity index (χ4v) is 7.65. The predicted octanol–water partition coefficient (Wildman–Crippen LogP) is 13.4. The van der Waals surface area contributed by atoms with Gasteiger partial charge in [-0.3, -0.25) is 0 Å². The fourth-order valence-electron chi connectivity index (χ4n) is 7.65. The van der Waals surface area contributed by atoms with Crippen LogP contribution in [0.4, 0.5) is 17.1 Å². The van der Waals surface area contributed by atoms with Crippen LogP contribution in [0.5, 0.6) is 0 Å². The largest absolute Gasteiger partial charge is 0.310 e. The molecule has 0 aliphatic rings. The van der Waals surface area contributed by atoms with Crippen LogP contribution < -0.4 is 4.90 Å². The molecule has 0 atom stereocenters. The third-order valence-electron chi connectivity index (χ3n) is 9.78. The molecule has 0 aliphatic heterocycles. The average Bonchev–Trinajstić information content (AvgIpc) is 3.16. The molecule has 0 saturated heterocycles. The molecule has 0 N–H and O–H groups in total. The molecule has 48 heavy (non-hydrogen) atoms. The van der Waals surface area contributed by atoms with Crippen molar-refractivity contribution in [3.05, 3.63) is 188 Å². The number of anilines is 3. The maximum absolute atomic E-state index is 2.37. The van der Waals surface area contributed by atoms with Gasteiger partial charge < -0.3 is 4.90 Å². The van der Waals surface area contributed by atoms with Crippen molar-refractivity contribution in [1.29, 1.82) is 0 Å². The molecule has 0 aliphatic carbocycles. The monoisotopic (exact) mass is 611 g/mol. The van der Waals surface area contributed by atoms with E-state index in [2.05, 4.69) is 194 Å². The van der Waals surface area contributed by atoms with E-state index in [-0.39, 0.29) is 0 Å². The molecular weight excluding hydrogens is 579 g/mol. The van der Waals surface area contributed by atoms with E-state index in [9.17, 15) is 0 Å². The minimum Gasteiger partial charge on any atom is -0.310 e. The highest BCUT2D eigenvalue weighted by atomic mass is 15.1. The van der Waals surface area contributed by atoms with Crippen molar-refractivity contribution in [2.24, 2.45) is 0 Å². The molecule has 1 nitrogen and oxygen atoms in total. The third kappa shape index (κ3) is 4.47. The van der Waals surface area contributed by atoms with Crippen LogP contribution in [0.1, 0.15) is 5.56 Å². The zero-order valence-corrected chi connectivity index (χ0v) is 26.8. The molecule has 0 saturated carbocycles. The van der Waals surface area contributed by atoms with Gasteiger partial charge in [0, 0.05) is 16.8 Å². The average molecular weight is 612 g/mol. The van der Waals surface area contributed by atoms with E-state index in [0.717, 1.165) is 17.1 Å². The first-order chi connectivity index (χ1) is 23.8. The molecule has 0 unspecified atom stereocenters. The highest BCUT2D eigenvalue weighted by Crippen LogP contribution is 2.48. The van der Waals surface area contributed by atoms with Gasteiger partial charge in [0.1, 0.15) is 0 Å². The first-order valence-electron chi connectivity index (χ1n) is 16.6. The molecule has 0 bridgehead atoms. The van der Waals surface area contributed by atoms with Crippen LogP contribution in [0, 0.1) is 6.92 Å². The first kappa shape index (κ1) is 28.1. The van der Waals surface area contributed by atoms with E-state index in [1.807, 2.05) is 0 Å². The lowest BCUT2D eigenvalue weighted by atomic mass is 9.83. The number of para-hydroxylation sites is 2. The van der Waals surface area contributed by atoms with Crippen LogP contribution in [-0.2, 0) is 0 Å². The van der Waals surface area contributed by atoms with Gasteiger partial charge in [-0.05, 0) is 103 Å². The molecule has 0 spiro atoms. The number of aryl methyl sites for hydroxylation is 1. The Morgan fingerprint density at radius 3 is 1.12 bits per heavy atom. The minimum absolute atomic E-state index is 1.13. The molecular formula is C47H33N. The summed E-state index contributed by atoms with van der Waals surface area (Å²) in [5, 5.41) is 10.1. The highest BCUT2D eigenvalue weighted by Gasteiger charge is 2.21. The summed E-state index contributed by atoms with van der Waals surface area (Å²) in [4.78, 5) is 2.37. The standard InChI is InChI=1S/C47H33N/c1-32-28-29-43(36-21-9-8-20-35(32)36)46-39-24-12-14-26-41(39)47(42-27-15-13-25-40(42)46)44-30-31-45(38-23-11-10-22-37(38)44)48(33-16-4-2-5-17-33)34-18-6-3-7-19-34/h2-31H,1H3. The van der Waals surface area contributed by atoms with Crippen LogP contribution in [0.15, 0.2) is 182 Å². The van der Waals surface area contributed by atoms with Gasteiger partial charge in [0.15, 0.2) is 0 Å². The molecule has 0 radical (unpaired) electrons. The maximum atomic E-state index is 2.37. The summed E-state index contributed by atoms with van der Waals surface area (Å²) in [5.74, 6) is 0. The summed E-state index contributed by atoms with van der Waals surface area (Å²) >= 11 is 0. The van der Waals surface area contributed by atoms with Gasteiger partial charge >= 0.3 is 0 Å². The second kappa shape index (κ2) is 11.6. The molecule has 9 rings (SSSR count). The molecule has 9 aromatic rings. The molecule has 1 heteroatoms. The Morgan fingerprint density at radius 2 is 0.646 bits per heavy atom. The van der Waals surface area contributed by atoms with Crippen molar-refractivity contribution in [2.45, 2.75) is 6.92 Å². The summed E-state index contributed by atoms with van der Waals surface area (Å²) in [6.07, 6.45) is 0. The van der Waals surface area contributed by atoms with Crippen LogP contribution in [0.25, 0.3) is 65.3 Å². The van der Waals surface area contributed by atoms with Gasteiger partial charge in [0.05, 0.1) is 5.69 Å². The smallest absolute Gasteiger partial charge is 0.0540 e. The van der Waals surface area contributed by atoms with Gasteiger partial charge in [-0.2, -0.15) is 0 Å². The van der Waals surface area contributed by atoms with Crippen molar-refractivity contribution in [1.82, 2.24) is 0 Å². The van der Waals surface area contributed by atoms with Gasteiger partial charge in [0.25, 0.3) is 0 Å². The van der Waals surface area contributed by atoms with Gasteiger partial charge in [-0.1, -0.05) is 152 Å². The van der Waals surface area contributed by atoms with Crippen molar-refractivity contribution in [3.8, 4) is 22.3 Å². The number of benzene rings is 9.